The van der Waals surface area contributed by atoms with Crippen molar-refractivity contribution in [2.24, 2.45) is 5.10 Å². The van der Waals surface area contributed by atoms with Gasteiger partial charge in [-0.15, -0.1) is 11.3 Å². The van der Waals surface area contributed by atoms with Gasteiger partial charge in [-0.05, 0) is 43.4 Å². The van der Waals surface area contributed by atoms with Gasteiger partial charge in [-0.2, -0.15) is 5.10 Å². The average molecular weight is 384 g/mol. The number of nitrogens with one attached hydrogen (secondary N) is 2. The highest BCUT2D eigenvalue weighted by molar-refractivity contribution is 7.18. The van der Waals surface area contributed by atoms with Crippen LogP contribution in [0, 0.1) is 0 Å². The Balaban J connectivity index is 1.57. The molecule has 4 rings (SSSR count). The number of aromatic amines is 1. The number of phenolic OH excluding ortho intramolecular Hbond substituents is 2. The molecule has 0 fully saturated rings. The van der Waals surface area contributed by atoms with Gasteiger partial charge >= 0.3 is 5.91 Å². The fourth-order valence-electron chi connectivity index (χ4n) is 3.13. The Morgan fingerprint density at radius 2 is 2.11 bits per heavy atom. The quantitative estimate of drug-likeness (QED) is 0.406. The number of phenols is 2. The van der Waals surface area contributed by atoms with Gasteiger partial charge in [0, 0.05) is 16.5 Å². The van der Waals surface area contributed by atoms with E-state index in [9.17, 15) is 19.8 Å². The molecule has 0 aliphatic heterocycles. The molecule has 0 radical (unpaired) electrons. The van der Waals surface area contributed by atoms with Crippen molar-refractivity contribution in [2.45, 2.75) is 25.7 Å². The summed E-state index contributed by atoms with van der Waals surface area (Å²) in [5, 5.41) is 23.3. The van der Waals surface area contributed by atoms with E-state index in [2.05, 4.69) is 20.5 Å². The number of benzene rings is 1. The van der Waals surface area contributed by atoms with E-state index in [1.165, 1.54) is 34.6 Å². The molecule has 0 atom stereocenters. The molecule has 27 heavy (non-hydrogen) atoms. The third-order valence-corrected chi connectivity index (χ3v) is 5.61. The largest absolute Gasteiger partial charge is 0.508 e. The van der Waals surface area contributed by atoms with Crippen LogP contribution in [0.2, 0.25) is 0 Å². The molecule has 0 saturated carbocycles. The van der Waals surface area contributed by atoms with Crippen molar-refractivity contribution >= 4 is 33.7 Å². The molecule has 1 amide bonds. The molecule has 0 saturated heterocycles. The predicted molar refractivity (Wildman–Crippen MR) is 102 cm³/mol. The van der Waals surface area contributed by atoms with Crippen LogP contribution in [-0.4, -0.2) is 32.3 Å². The maximum Gasteiger partial charge on any atom is 0.307 e. The number of aryl methyl sites for hydroxylation is 2. The number of fused-ring (bicyclic) bond motifs is 3. The summed E-state index contributed by atoms with van der Waals surface area (Å²) in [6.07, 6.45) is 5.19. The van der Waals surface area contributed by atoms with Gasteiger partial charge in [0.25, 0.3) is 5.56 Å². The van der Waals surface area contributed by atoms with Crippen molar-refractivity contribution in [3.8, 4) is 11.5 Å². The van der Waals surface area contributed by atoms with E-state index in [1.807, 2.05) is 0 Å². The van der Waals surface area contributed by atoms with E-state index >= 15 is 0 Å². The van der Waals surface area contributed by atoms with Crippen LogP contribution in [0.1, 0.15) is 39.5 Å². The number of nitrogens with zero attached hydrogens (tertiary/aromatic N) is 2. The SMILES string of the molecule is O=C(N/N=C/c1ccc(O)cc1O)c1nc2sc3c(c2c(=O)[nH]1)CCCC3. The normalized spacial score (nSPS) is 13.8. The number of carbonyl (C=O) groups is 1. The lowest BCUT2D eigenvalue weighted by Gasteiger charge is -2.09. The first-order valence-electron chi connectivity index (χ1n) is 8.43. The number of H-pyrrole nitrogens is 1. The zero-order chi connectivity index (χ0) is 19.0. The standard InChI is InChI=1S/C18H16N4O4S/c23-10-6-5-9(12(24)7-10)8-19-22-17(26)15-20-16(25)14-11-3-1-2-4-13(11)27-18(14)21-15/h5-8,23-24H,1-4H2,(H,22,26)(H,20,21,25)/b19-8+. The number of carbonyl (C=O) groups excluding carboxylic acids is 1. The van der Waals surface area contributed by atoms with Crippen molar-refractivity contribution in [1.29, 1.82) is 0 Å². The highest BCUT2D eigenvalue weighted by Gasteiger charge is 2.21. The van der Waals surface area contributed by atoms with Gasteiger partial charge in [0.2, 0.25) is 5.82 Å². The third kappa shape index (κ3) is 3.28. The lowest BCUT2D eigenvalue weighted by atomic mass is 9.97. The van der Waals surface area contributed by atoms with Crippen LogP contribution in [0.4, 0.5) is 0 Å². The topological polar surface area (TPSA) is 128 Å². The molecule has 2 aromatic heterocycles. The Labute approximate surface area is 157 Å². The molecular weight excluding hydrogens is 368 g/mol. The van der Waals surface area contributed by atoms with E-state index in [1.54, 1.807) is 0 Å². The molecule has 1 aromatic carbocycles. The smallest absolute Gasteiger partial charge is 0.307 e. The lowest BCUT2D eigenvalue weighted by Crippen LogP contribution is -2.24. The summed E-state index contributed by atoms with van der Waals surface area (Å²) in [5.41, 5.74) is 3.33. The van der Waals surface area contributed by atoms with Crippen LogP contribution in [0.5, 0.6) is 11.5 Å². The summed E-state index contributed by atoms with van der Waals surface area (Å²) in [4.78, 5) is 33.3. The fourth-order valence-corrected chi connectivity index (χ4v) is 4.39. The van der Waals surface area contributed by atoms with E-state index in [0.717, 1.165) is 37.3 Å². The maximum absolute atomic E-state index is 12.4. The number of thiophene rings is 1. The first-order chi connectivity index (χ1) is 13.0. The Kier molecular flexibility index (Phi) is 4.36. The molecule has 1 aliphatic rings. The Morgan fingerprint density at radius 1 is 1.30 bits per heavy atom. The van der Waals surface area contributed by atoms with Crippen LogP contribution in [0.15, 0.2) is 28.1 Å². The lowest BCUT2D eigenvalue weighted by molar-refractivity contribution is 0.0945. The zero-order valence-electron chi connectivity index (χ0n) is 14.2. The van der Waals surface area contributed by atoms with E-state index in [0.29, 0.717) is 15.8 Å². The summed E-state index contributed by atoms with van der Waals surface area (Å²) in [5.74, 6) is -1.03. The van der Waals surface area contributed by atoms with Gasteiger partial charge in [0.05, 0.1) is 11.6 Å². The summed E-state index contributed by atoms with van der Waals surface area (Å²) in [7, 11) is 0. The van der Waals surface area contributed by atoms with Crippen LogP contribution < -0.4 is 11.0 Å². The van der Waals surface area contributed by atoms with E-state index < -0.39 is 5.91 Å². The van der Waals surface area contributed by atoms with Crippen LogP contribution >= 0.6 is 11.3 Å². The van der Waals surface area contributed by atoms with Crippen LogP contribution in [-0.2, 0) is 12.8 Å². The molecule has 1 aliphatic carbocycles. The number of aromatic nitrogens is 2. The molecule has 4 N–H and O–H groups in total. The number of rotatable bonds is 3. The molecule has 0 spiro atoms. The summed E-state index contributed by atoms with van der Waals surface area (Å²) < 4.78 is 0. The molecule has 9 heteroatoms. The van der Waals surface area contributed by atoms with Gasteiger partial charge in [-0.3, -0.25) is 9.59 Å². The monoisotopic (exact) mass is 384 g/mol. The number of aromatic hydroxyl groups is 2. The van der Waals surface area contributed by atoms with Crippen molar-refractivity contribution in [1.82, 2.24) is 15.4 Å². The first-order valence-corrected chi connectivity index (χ1v) is 9.24. The predicted octanol–water partition coefficient (Wildman–Crippen LogP) is 2.04. The second-order valence-electron chi connectivity index (χ2n) is 6.25. The van der Waals surface area contributed by atoms with Gasteiger partial charge < -0.3 is 15.2 Å². The summed E-state index contributed by atoms with van der Waals surface area (Å²) >= 11 is 1.46. The fraction of sp³-hybridized carbons (Fsp3) is 0.222. The van der Waals surface area contributed by atoms with Gasteiger partial charge in [0.1, 0.15) is 16.3 Å². The Bertz CT molecular complexity index is 1130. The van der Waals surface area contributed by atoms with E-state index in [-0.39, 0.29) is 22.9 Å². The van der Waals surface area contributed by atoms with Gasteiger partial charge in [-0.25, -0.2) is 10.4 Å². The van der Waals surface area contributed by atoms with Crippen LogP contribution in [0.25, 0.3) is 10.2 Å². The number of amides is 1. The second kappa shape index (κ2) is 6.84. The highest BCUT2D eigenvalue weighted by atomic mass is 32.1. The van der Waals surface area contributed by atoms with Crippen LogP contribution in [0.3, 0.4) is 0 Å². The minimum absolute atomic E-state index is 0.0811. The first kappa shape index (κ1) is 17.2. The number of hydrogen-bond donors (Lipinski definition) is 4. The molecule has 2 heterocycles. The van der Waals surface area contributed by atoms with Gasteiger partial charge in [0.15, 0.2) is 0 Å². The molecule has 138 valence electrons. The van der Waals surface area contributed by atoms with Crippen molar-refractivity contribution in [2.75, 3.05) is 0 Å². The molecule has 8 nitrogen and oxygen atoms in total. The summed E-state index contributed by atoms with van der Waals surface area (Å²) in [6.45, 7) is 0. The minimum Gasteiger partial charge on any atom is -0.508 e. The molecule has 0 unspecified atom stereocenters. The second-order valence-corrected chi connectivity index (χ2v) is 7.33. The zero-order valence-corrected chi connectivity index (χ0v) is 15.0. The van der Waals surface area contributed by atoms with Crippen molar-refractivity contribution in [3.63, 3.8) is 0 Å². The Morgan fingerprint density at radius 3 is 2.93 bits per heavy atom. The van der Waals surface area contributed by atoms with E-state index in [4.69, 9.17) is 0 Å². The minimum atomic E-state index is -0.658. The third-order valence-electron chi connectivity index (χ3n) is 4.42. The summed E-state index contributed by atoms with van der Waals surface area (Å²) in [6, 6.07) is 3.99. The van der Waals surface area contributed by atoms with Gasteiger partial charge in [-0.1, -0.05) is 0 Å². The molecule has 0 bridgehead atoms. The molecule has 3 aromatic rings. The highest BCUT2D eigenvalue weighted by Crippen LogP contribution is 2.33. The maximum atomic E-state index is 12.4. The molecular formula is C18H16N4O4S. The van der Waals surface area contributed by atoms with Crippen molar-refractivity contribution < 1.29 is 15.0 Å². The number of hydrazone groups is 1. The average Bonchev–Trinajstić information content (AvgIpc) is 3.02. The van der Waals surface area contributed by atoms with Crippen molar-refractivity contribution in [3.05, 3.63) is 50.4 Å². The Hall–Kier alpha value is -3.20. The number of hydrogen-bond acceptors (Lipinski definition) is 7.